The molecule has 0 atom stereocenters. The first-order valence-electron chi connectivity index (χ1n) is 15.7. The molecule has 47 heavy (non-hydrogen) atoms. The molecule has 4 aliphatic rings. The Bertz CT molecular complexity index is 1410. The van der Waals surface area contributed by atoms with Gasteiger partial charge in [-0.1, -0.05) is 0 Å². The van der Waals surface area contributed by atoms with Crippen LogP contribution in [0.1, 0.15) is 95.0 Å². The predicted molar refractivity (Wildman–Crippen MR) is 179 cm³/mol. The molecule has 4 heterocycles. The van der Waals surface area contributed by atoms with Gasteiger partial charge in [0, 0.05) is 28.5 Å². The second-order valence-corrected chi connectivity index (χ2v) is 13.4. The first kappa shape index (κ1) is 38.4. The zero-order chi connectivity index (χ0) is 34.5. The molecule has 0 spiro atoms. The SMILES string of the molecule is CCOC(=O)c1c(N)sc2c1CCOC2.CCOC(=O)c1c(NC(=O)C2CC2)sc2c1CCOC2.CCOC(C)=O.O=C(Cl)C1CC1. The summed E-state index contributed by atoms with van der Waals surface area (Å²) < 4.78 is 25.2. The highest BCUT2D eigenvalue weighted by Crippen LogP contribution is 2.39. The summed E-state index contributed by atoms with van der Waals surface area (Å²) >= 11 is 7.89. The van der Waals surface area contributed by atoms with Crippen molar-refractivity contribution in [2.45, 2.75) is 79.4 Å². The van der Waals surface area contributed by atoms with E-state index in [9.17, 15) is 24.0 Å². The minimum atomic E-state index is -0.349. The number of carbonyl (C=O) groups excluding carboxylic acids is 5. The second-order valence-electron chi connectivity index (χ2n) is 10.8. The molecule has 0 bridgehead atoms. The molecule has 2 aliphatic heterocycles. The van der Waals surface area contributed by atoms with Gasteiger partial charge in [-0.25, -0.2) is 9.59 Å². The summed E-state index contributed by atoms with van der Waals surface area (Å²) in [6, 6.07) is 0. The van der Waals surface area contributed by atoms with Crippen molar-refractivity contribution in [1.82, 2.24) is 0 Å². The number of halogens is 1. The van der Waals surface area contributed by atoms with Gasteiger partial charge in [-0.05, 0) is 82.0 Å². The van der Waals surface area contributed by atoms with Crippen molar-refractivity contribution in [2.24, 2.45) is 11.8 Å². The summed E-state index contributed by atoms with van der Waals surface area (Å²) in [4.78, 5) is 57.6. The van der Waals surface area contributed by atoms with Gasteiger partial charge in [0.15, 0.2) is 0 Å². The van der Waals surface area contributed by atoms with Crippen molar-refractivity contribution < 1.29 is 47.7 Å². The number of rotatable bonds is 8. The molecular weight excluding hydrogens is 672 g/mol. The fraction of sp³-hybridized carbons (Fsp3) is 0.594. The fourth-order valence-electron chi connectivity index (χ4n) is 4.49. The van der Waals surface area contributed by atoms with Gasteiger partial charge < -0.3 is 34.7 Å². The molecule has 260 valence electrons. The quantitative estimate of drug-likeness (QED) is 0.197. The molecule has 2 aliphatic carbocycles. The van der Waals surface area contributed by atoms with E-state index in [1.807, 2.05) is 0 Å². The lowest BCUT2D eigenvalue weighted by Gasteiger charge is -2.13. The Labute approximate surface area is 287 Å². The number of esters is 3. The van der Waals surface area contributed by atoms with Crippen LogP contribution in [0.3, 0.4) is 0 Å². The van der Waals surface area contributed by atoms with E-state index in [0.717, 1.165) is 53.0 Å². The van der Waals surface area contributed by atoms with E-state index < -0.39 is 0 Å². The average Bonchev–Trinajstić information content (AvgIpc) is 3.96. The maximum absolute atomic E-state index is 12.2. The number of hydrogen-bond donors (Lipinski definition) is 2. The van der Waals surface area contributed by atoms with Gasteiger partial charge in [0.1, 0.15) is 10.0 Å². The number of anilines is 2. The predicted octanol–water partition coefficient (Wildman–Crippen LogP) is 5.66. The molecule has 2 aromatic heterocycles. The summed E-state index contributed by atoms with van der Waals surface area (Å²) in [7, 11) is 0. The molecule has 0 saturated heterocycles. The lowest BCUT2D eigenvalue weighted by atomic mass is 10.1. The summed E-state index contributed by atoms with van der Waals surface area (Å²) in [5.41, 5.74) is 8.90. The van der Waals surface area contributed by atoms with Crippen LogP contribution < -0.4 is 11.1 Å². The van der Waals surface area contributed by atoms with Gasteiger partial charge >= 0.3 is 17.9 Å². The van der Waals surface area contributed by atoms with Crippen LogP contribution in [0.2, 0.25) is 0 Å². The highest BCUT2D eigenvalue weighted by Gasteiger charge is 2.33. The summed E-state index contributed by atoms with van der Waals surface area (Å²) in [5.74, 6) is -0.521. The summed E-state index contributed by atoms with van der Waals surface area (Å²) in [6.07, 6.45) is 5.35. The molecule has 0 unspecified atom stereocenters. The van der Waals surface area contributed by atoms with Crippen LogP contribution in [0.15, 0.2) is 0 Å². The lowest BCUT2D eigenvalue weighted by molar-refractivity contribution is -0.140. The van der Waals surface area contributed by atoms with Gasteiger partial charge in [0.2, 0.25) is 11.1 Å². The maximum atomic E-state index is 12.2. The Kier molecular flexibility index (Phi) is 15.6. The fourth-order valence-corrected chi connectivity index (χ4v) is 6.93. The molecular formula is C32H43ClN2O10S2. The molecule has 3 N–H and O–H groups in total. The number of thiophene rings is 2. The highest BCUT2D eigenvalue weighted by atomic mass is 35.5. The second kappa shape index (κ2) is 19.1. The minimum Gasteiger partial charge on any atom is -0.466 e. The topological polar surface area (TPSA) is 170 Å². The van der Waals surface area contributed by atoms with Crippen LogP contribution in [-0.2, 0) is 64.1 Å². The Hall–Kier alpha value is -3.04. The van der Waals surface area contributed by atoms with Gasteiger partial charge in [-0.2, -0.15) is 0 Å². The Morgan fingerprint density at radius 3 is 1.70 bits per heavy atom. The van der Waals surface area contributed by atoms with Crippen LogP contribution in [0.4, 0.5) is 10.0 Å². The van der Waals surface area contributed by atoms with Crippen LogP contribution in [0, 0.1) is 11.8 Å². The van der Waals surface area contributed by atoms with Gasteiger partial charge in [0.05, 0.1) is 57.4 Å². The van der Waals surface area contributed by atoms with E-state index in [4.69, 9.17) is 36.3 Å². The van der Waals surface area contributed by atoms with E-state index in [1.54, 1.807) is 20.8 Å². The van der Waals surface area contributed by atoms with Crippen molar-refractivity contribution in [3.05, 3.63) is 32.0 Å². The van der Waals surface area contributed by atoms with E-state index in [2.05, 4.69) is 10.1 Å². The average molecular weight is 715 g/mol. The van der Waals surface area contributed by atoms with E-state index in [0.29, 0.717) is 73.8 Å². The van der Waals surface area contributed by atoms with Gasteiger partial charge in [0.25, 0.3) is 0 Å². The van der Waals surface area contributed by atoms with E-state index in [1.165, 1.54) is 29.6 Å². The molecule has 2 saturated carbocycles. The standard InChI is InChI=1S/C14H17NO4S.C10H13NO3S.C4H5ClO.C4H8O2/c1-2-19-14(17)11-9-5-6-18-7-10(9)20-13(11)15-12(16)8-3-4-8;1-2-14-10(12)8-6-3-4-13-5-7(6)15-9(8)11;5-4(6)3-1-2-3;1-3-6-4(2)5/h8H,2-7H2,1H3,(H,15,16);2-5,11H2,1H3;3H,1-2H2;3H2,1-2H3. The normalized spacial score (nSPS) is 15.8. The first-order chi connectivity index (χ1) is 22.5. The van der Waals surface area contributed by atoms with Gasteiger partial charge in [-0.3, -0.25) is 14.4 Å². The smallest absolute Gasteiger partial charge is 0.341 e. The van der Waals surface area contributed by atoms with Crippen LogP contribution >= 0.6 is 34.3 Å². The molecule has 2 aromatic rings. The molecule has 15 heteroatoms. The number of nitrogens with two attached hydrogens (primary N) is 1. The zero-order valence-corrected chi connectivity index (χ0v) is 29.6. The summed E-state index contributed by atoms with van der Waals surface area (Å²) in [5, 5.41) is 3.90. The molecule has 0 radical (unpaired) electrons. The number of hydrogen-bond acceptors (Lipinski definition) is 13. The number of ether oxygens (including phenoxy) is 5. The first-order valence-corrected chi connectivity index (χ1v) is 17.7. The molecule has 12 nitrogen and oxygen atoms in total. The van der Waals surface area contributed by atoms with Crippen LogP contribution in [0.25, 0.3) is 0 Å². The van der Waals surface area contributed by atoms with Crippen molar-refractivity contribution in [3.8, 4) is 0 Å². The van der Waals surface area contributed by atoms with Crippen LogP contribution in [0.5, 0.6) is 0 Å². The van der Waals surface area contributed by atoms with Crippen molar-refractivity contribution in [2.75, 3.05) is 44.1 Å². The number of nitrogens with one attached hydrogen (secondary N) is 1. The van der Waals surface area contributed by atoms with Crippen LogP contribution in [-0.4, -0.2) is 62.1 Å². The third-order valence-corrected chi connectivity index (χ3v) is 9.52. The third-order valence-electron chi connectivity index (χ3n) is 7.06. The molecule has 1 amide bonds. The summed E-state index contributed by atoms with van der Waals surface area (Å²) in [6.45, 7) is 10.2. The number of amides is 1. The monoisotopic (exact) mass is 714 g/mol. The largest absolute Gasteiger partial charge is 0.466 e. The Morgan fingerprint density at radius 1 is 0.787 bits per heavy atom. The number of carbonyl (C=O) groups is 5. The van der Waals surface area contributed by atoms with Crippen molar-refractivity contribution >= 4 is 73.3 Å². The number of fused-ring (bicyclic) bond motifs is 2. The molecule has 2 fully saturated rings. The minimum absolute atomic E-state index is 0.00932. The maximum Gasteiger partial charge on any atom is 0.341 e. The molecule has 6 rings (SSSR count). The van der Waals surface area contributed by atoms with Crippen molar-refractivity contribution in [1.29, 1.82) is 0 Å². The zero-order valence-electron chi connectivity index (χ0n) is 27.2. The highest BCUT2D eigenvalue weighted by molar-refractivity contribution is 7.17. The number of nitrogen functional groups attached to an aromatic ring is 1. The molecule has 0 aromatic carbocycles. The van der Waals surface area contributed by atoms with E-state index in [-0.39, 0.29) is 40.9 Å². The van der Waals surface area contributed by atoms with Crippen molar-refractivity contribution in [3.63, 3.8) is 0 Å². The van der Waals surface area contributed by atoms with Gasteiger partial charge in [-0.15, -0.1) is 22.7 Å². The lowest BCUT2D eigenvalue weighted by Crippen LogP contribution is -2.17. The van der Waals surface area contributed by atoms with E-state index >= 15 is 0 Å². The Balaban J connectivity index is 0.000000194. The third kappa shape index (κ3) is 11.9. The Morgan fingerprint density at radius 2 is 1.28 bits per heavy atom.